The summed E-state index contributed by atoms with van der Waals surface area (Å²) in [6.45, 7) is 7.15. The van der Waals surface area contributed by atoms with Crippen LogP contribution in [0.15, 0.2) is 71.5 Å². The molecule has 8 rings (SSSR count). The maximum atomic E-state index is 14.0. The number of nitrogens with zero attached hydrogens (tertiary/aromatic N) is 7. The van der Waals surface area contributed by atoms with E-state index in [1.165, 1.54) is 4.90 Å². The van der Waals surface area contributed by atoms with E-state index in [9.17, 15) is 24.3 Å². The predicted molar refractivity (Wildman–Crippen MR) is 201 cm³/mol. The van der Waals surface area contributed by atoms with Crippen LogP contribution in [0.4, 0.5) is 0 Å². The average Bonchev–Trinajstić information content (AvgIpc) is 3.74. The molecular weight excluding hydrogens is 694 g/mol. The van der Waals surface area contributed by atoms with Gasteiger partial charge in [-0.15, -0.1) is 0 Å². The van der Waals surface area contributed by atoms with Gasteiger partial charge in [-0.05, 0) is 61.7 Å². The summed E-state index contributed by atoms with van der Waals surface area (Å²) in [6.07, 6.45) is 1.45. The lowest BCUT2D eigenvalue weighted by molar-refractivity contribution is -0.129. The van der Waals surface area contributed by atoms with Crippen LogP contribution in [0.1, 0.15) is 63.3 Å². The molecule has 3 aliphatic rings. The van der Waals surface area contributed by atoms with E-state index in [0.29, 0.717) is 61.8 Å². The molecular formula is C40H42ClN7O5. The number of aliphatic hydroxyl groups is 1. The molecule has 5 aromatic rings. The molecule has 13 heteroatoms. The summed E-state index contributed by atoms with van der Waals surface area (Å²) >= 11 is 6.32. The fourth-order valence-electron chi connectivity index (χ4n) is 8.29. The second kappa shape index (κ2) is 14.1. The topological polar surface area (TPSA) is 126 Å². The lowest BCUT2D eigenvalue weighted by atomic mass is 9.99. The van der Waals surface area contributed by atoms with Crippen molar-refractivity contribution in [2.75, 3.05) is 32.7 Å². The lowest BCUT2D eigenvalue weighted by Crippen LogP contribution is -2.42. The Morgan fingerprint density at radius 2 is 1.58 bits per heavy atom. The predicted octanol–water partition coefficient (Wildman–Crippen LogP) is 4.53. The van der Waals surface area contributed by atoms with Crippen LogP contribution in [0.25, 0.3) is 22.3 Å². The van der Waals surface area contributed by atoms with Gasteiger partial charge < -0.3 is 14.9 Å². The summed E-state index contributed by atoms with van der Waals surface area (Å²) in [5, 5.41) is 17.0. The van der Waals surface area contributed by atoms with Gasteiger partial charge in [-0.3, -0.25) is 33.1 Å². The molecule has 1 atom stereocenters. The number of amides is 3. The van der Waals surface area contributed by atoms with Crippen LogP contribution in [-0.4, -0.2) is 95.3 Å². The minimum atomic E-state index is -0.673. The maximum Gasteiger partial charge on any atom is 0.329 e. The number of hydrogen-bond donors (Lipinski definition) is 1. The smallest absolute Gasteiger partial charge is 0.329 e. The minimum absolute atomic E-state index is 0.0262. The van der Waals surface area contributed by atoms with Crippen LogP contribution in [0, 0.1) is 6.92 Å². The zero-order valence-corrected chi connectivity index (χ0v) is 30.6. The van der Waals surface area contributed by atoms with E-state index < -0.39 is 6.10 Å². The highest BCUT2D eigenvalue weighted by molar-refractivity contribution is 6.31. The van der Waals surface area contributed by atoms with Crippen LogP contribution in [0.5, 0.6) is 0 Å². The van der Waals surface area contributed by atoms with Crippen molar-refractivity contribution in [1.29, 1.82) is 0 Å². The van der Waals surface area contributed by atoms with E-state index in [-0.39, 0.29) is 42.5 Å². The normalized spacial score (nSPS) is 17.1. The number of imidazole rings is 1. The Morgan fingerprint density at radius 1 is 0.906 bits per heavy atom. The second-order valence-corrected chi connectivity index (χ2v) is 14.8. The number of benzene rings is 3. The molecule has 3 aromatic carbocycles. The highest BCUT2D eigenvalue weighted by Crippen LogP contribution is 2.33. The number of imide groups is 1. The first-order chi connectivity index (χ1) is 25.6. The summed E-state index contributed by atoms with van der Waals surface area (Å²) < 4.78 is 5.46. The average molecular weight is 736 g/mol. The van der Waals surface area contributed by atoms with Crippen LogP contribution >= 0.6 is 11.6 Å². The molecule has 53 heavy (non-hydrogen) atoms. The van der Waals surface area contributed by atoms with Crippen LogP contribution in [0.3, 0.4) is 0 Å². The number of carbonyl (C=O) groups excluding carboxylic acids is 3. The third-order valence-corrected chi connectivity index (χ3v) is 11.5. The Morgan fingerprint density at radius 3 is 2.26 bits per heavy atom. The van der Waals surface area contributed by atoms with Crippen molar-refractivity contribution < 1.29 is 19.5 Å². The molecule has 274 valence electrons. The first kappa shape index (κ1) is 35.0. The van der Waals surface area contributed by atoms with Crippen LogP contribution in [0.2, 0.25) is 5.02 Å². The Hall–Kier alpha value is -5.04. The molecule has 2 aromatic heterocycles. The van der Waals surface area contributed by atoms with Crippen molar-refractivity contribution in [3.63, 3.8) is 0 Å². The summed E-state index contributed by atoms with van der Waals surface area (Å²) in [4.78, 5) is 57.6. The molecule has 0 radical (unpaired) electrons. The number of fused-ring (bicyclic) bond motifs is 3. The molecule has 0 spiro atoms. The van der Waals surface area contributed by atoms with Gasteiger partial charge in [0.1, 0.15) is 0 Å². The Balaban J connectivity index is 0.945. The number of para-hydroxylation sites is 2. The second-order valence-electron chi connectivity index (χ2n) is 14.4. The summed E-state index contributed by atoms with van der Waals surface area (Å²) in [5.74, 6) is -0.638. The van der Waals surface area contributed by atoms with E-state index >= 15 is 0 Å². The van der Waals surface area contributed by atoms with Crippen molar-refractivity contribution in [2.24, 2.45) is 0 Å². The van der Waals surface area contributed by atoms with Gasteiger partial charge >= 0.3 is 5.69 Å². The van der Waals surface area contributed by atoms with Gasteiger partial charge in [-0.2, -0.15) is 5.10 Å². The van der Waals surface area contributed by atoms with E-state index in [4.69, 9.17) is 16.7 Å². The van der Waals surface area contributed by atoms with Crippen molar-refractivity contribution >= 4 is 40.4 Å². The van der Waals surface area contributed by atoms with Crippen LogP contribution in [-0.2, 0) is 30.8 Å². The summed E-state index contributed by atoms with van der Waals surface area (Å²) in [7, 11) is 0. The van der Waals surface area contributed by atoms with E-state index in [1.807, 2.05) is 63.5 Å². The molecule has 3 amide bonds. The molecule has 1 saturated heterocycles. The number of β-amino-alcohol motifs (C(OH)–C–C–N with tert-alkyl or cyclic N) is 1. The van der Waals surface area contributed by atoms with Crippen molar-refractivity contribution in [3.8, 4) is 11.3 Å². The number of piperidine rings is 1. The van der Waals surface area contributed by atoms with Crippen LogP contribution < -0.4 is 5.69 Å². The molecule has 0 bridgehead atoms. The number of halogens is 1. The number of hydrogen-bond acceptors (Lipinski definition) is 7. The van der Waals surface area contributed by atoms with Crippen molar-refractivity contribution in [3.05, 3.63) is 110 Å². The quantitative estimate of drug-likeness (QED) is 0.221. The largest absolute Gasteiger partial charge is 0.390 e. The fourth-order valence-corrected chi connectivity index (χ4v) is 8.41. The molecule has 0 saturated carbocycles. The summed E-state index contributed by atoms with van der Waals surface area (Å²) in [6, 6.07) is 20.3. The lowest BCUT2D eigenvalue weighted by Gasteiger charge is -2.33. The number of carbonyl (C=O) groups is 3. The molecule has 1 fully saturated rings. The number of aryl methyl sites for hydroxylation is 1. The van der Waals surface area contributed by atoms with Gasteiger partial charge in [-0.1, -0.05) is 41.9 Å². The van der Waals surface area contributed by atoms with E-state index in [1.54, 1.807) is 35.8 Å². The molecule has 0 aliphatic carbocycles. The maximum absolute atomic E-state index is 14.0. The zero-order chi connectivity index (χ0) is 37.0. The standard InChI is InChI=1S/C40H42ClN7O5/c1-25-21-27(11-12-33(25)41)37-32-24-44(26(2)49)18-15-34(32)47(42-37)23-29(50)22-43-16-13-28(14-17-43)48-36-10-6-5-9-35(36)45(40(48)53)19-20-46-38(51)30-7-3-4-8-31(30)39(46)52/h3-12,21,28-29,50H,13-20,22-24H2,1-2H3. The van der Waals surface area contributed by atoms with Gasteiger partial charge in [0.25, 0.3) is 11.8 Å². The van der Waals surface area contributed by atoms with Gasteiger partial charge in [0.2, 0.25) is 5.91 Å². The van der Waals surface area contributed by atoms with Crippen molar-refractivity contribution in [1.82, 2.24) is 33.6 Å². The van der Waals surface area contributed by atoms with Gasteiger partial charge in [0.15, 0.2) is 0 Å². The van der Waals surface area contributed by atoms with Gasteiger partial charge in [0.05, 0.1) is 40.5 Å². The Labute approximate surface area is 311 Å². The summed E-state index contributed by atoms with van der Waals surface area (Å²) in [5.41, 5.74) is 6.99. The SMILES string of the molecule is CC(=O)N1CCc2c(c(-c3ccc(Cl)c(C)c3)nn2CC(O)CN2CCC(n3c(=O)n(CCN4C(=O)c5ccccc5C4=O)c4ccccc43)CC2)C1. The fraction of sp³-hybridized carbons (Fsp3) is 0.375. The Kier molecular flexibility index (Phi) is 9.30. The first-order valence-electron chi connectivity index (χ1n) is 18.2. The highest BCUT2D eigenvalue weighted by atomic mass is 35.5. The number of aromatic nitrogens is 4. The van der Waals surface area contributed by atoms with Gasteiger partial charge in [-0.25, -0.2) is 4.79 Å². The monoisotopic (exact) mass is 735 g/mol. The van der Waals surface area contributed by atoms with E-state index in [0.717, 1.165) is 52.0 Å². The van der Waals surface area contributed by atoms with Gasteiger partial charge in [0, 0.05) is 87.0 Å². The number of likely N-dealkylation sites (tertiary alicyclic amines) is 1. The molecule has 12 nitrogen and oxygen atoms in total. The highest BCUT2D eigenvalue weighted by Gasteiger charge is 2.35. The third-order valence-electron chi connectivity index (χ3n) is 11.1. The van der Waals surface area contributed by atoms with E-state index in [2.05, 4.69) is 4.90 Å². The third kappa shape index (κ3) is 6.38. The molecule has 5 heterocycles. The molecule has 3 aliphatic heterocycles. The number of aliphatic hydroxyl groups excluding tert-OH is 1. The van der Waals surface area contributed by atoms with Crippen molar-refractivity contribution in [2.45, 2.75) is 64.9 Å². The zero-order valence-electron chi connectivity index (χ0n) is 29.9. The number of rotatable bonds is 9. The Bertz CT molecular complexity index is 2280. The minimum Gasteiger partial charge on any atom is -0.390 e. The first-order valence-corrected chi connectivity index (χ1v) is 18.6. The molecule has 1 unspecified atom stereocenters. The molecule has 1 N–H and O–H groups in total.